The normalized spacial score (nSPS) is 15.5. The molecular formula is C15H17IN4O3S. The van der Waals surface area contributed by atoms with Crippen LogP contribution in [0.15, 0.2) is 41.4 Å². The summed E-state index contributed by atoms with van der Waals surface area (Å²) in [6, 6.07) is 8.49. The molecule has 0 saturated carbocycles. The number of hydrogen-bond donors (Lipinski definition) is 1. The average molecular weight is 460 g/mol. The second-order valence-electron chi connectivity index (χ2n) is 5.21. The Morgan fingerprint density at radius 2 is 1.88 bits per heavy atom. The molecule has 24 heavy (non-hydrogen) atoms. The fourth-order valence-corrected chi connectivity index (χ4v) is 3.64. The van der Waals surface area contributed by atoms with Crippen molar-refractivity contribution in [3.63, 3.8) is 0 Å². The van der Waals surface area contributed by atoms with Crippen LogP contribution in [-0.4, -0.2) is 44.7 Å². The van der Waals surface area contributed by atoms with E-state index in [-0.39, 0.29) is 11.4 Å². The van der Waals surface area contributed by atoms with Crippen LogP contribution in [0.1, 0.15) is 5.82 Å². The Morgan fingerprint density at radius 1 is 1.17 bits per heavy atom. The van der Waals surface area contributed by atoms with Crippen molar-refractivity contribution in [2.75, 3.05) is 31.2 Å². The molecule has 1 N–H and O–H groups in total. The molecule has 0 spiro atoms. The van der Waals surface area contributed by atoms with Gasteiger partial charge in [-0.2, -0.15) is 0 Å². The third-order valence-electron chi connectivity index (χ3n) is 3.57. The summed E-state index contributed by atoms with van der Waals surface area (Å²) < 4.78 is 33.5. The second kappa shape index (κ2) is 7.72. The van der Waals surface area contributed by atoms with Gasteiger partial charge in [-0.1, -0.05) is 0 Å². The van der Waals surface area contributed by atoms with Crippen molar-refractivity contribution in [3.8, 4) is 0 Å². The molecule has 3 rings (SSSR count). The molecule has 2 heterocycles. The molecular weight excluding hydrogens is 443 g/mol. The van der Waals surface area contributed by atoms with Crippen LogP contribution in [0, 0.1) is 3.57 Å². The number of halogens is 1. The van der Waals surface area contributed by atoms with Crippen LogP contribution in [0.5, 0.6) is 0 Å². The number of sulfonamides is 1. The zero-order valence-corrected chi connectivity index (χ0v) is 15.8. The Balaban J connectivity index is 1.68. The van der Waals surface area contributed by atoms with Gasteiger partial charge in [0.25, 0.3) is 0 Å². The molecule has 7 nitrogen and oxygen atoms in total. The maximum atomic E-state index is 12.3. The van der Waals surface area contributed by atoms with Crippen LogP contribution < -0.4 is 9.62 Å². The van der Waals surface area contributed by atoms with Crippen LogP contribution in [0.3, 0.4) is 0 Å². The van der Waals surface area contributed by atoms with Crippen molar-refractivity contribution >= 4 is 38.4 Å². The quantitative estimate of drug-likeness (QED) is 0.680. The van der Waals surface area contributed by atoms with Gasteiger partial charge in [-0.15, -0.1) is 0 Å². The van der Waals surface area contributed by atoms with Gasteiger partial charge < -0.3 is 9.64 Å². The number of aromatic nitrogens is 2. The topological polar surface area (TPSA) is 84.4 Å². The lowest BCUT2D eigenvalue weighted by Gasteiger charge is -2.27. The smallest absolute Gasteiger partial charge is 0.240 e. The van der Waals surface area contributed by atoms with Crippen molar-refractivity contribution in [2.45, 2.75) is 11.4 Å². The van der Waals surface area contributed by atoms with E-state index in [1.165, 1.54) is 0 Å². The predicted molar refractivity (Wildman–Crippen MR) is 98.2 cm³/mol. The summed E-state index contributed by atoms with van der Waals surface area (Å²) in [6.07, 6.45) is 1.65. The zero-order chi connectivity index (χ0) is 17.0. The number of nitrogens with zero attached hydrogens (tertiary/aromatic N) is 3. The molecule has 0 atom stereocenters. The van der Waals surface area contributed by atoms with Crippen LogP contribution in [0.4, 0.5) is 5.82 Å². The van der Waals surface area contributed by atoms with Gasteiger partial charge in [-0.25, -0.2) is 23.1 Å². The van der Waals surface area contributed by atoms with E-state index < -0.39 is 10.0 Å². The van der Waals surface area contributed by atoms with Crippen LogP contribution in [0.2, 0.25) is 0 Å². The van der Waals surface area contributed by atoms with Gasteiger partial charge in [0, 0.05) is 22.9 Å². The lowest BCUT2D eigenvalue weighted by molar-refractivity contribution is 0.122. The molecule has 1 aromatic carbocycles. The molecule has 128 valence electrons. The van der Waals surface area contributed by atoms with E-state index in [0.717, 1.165) is 22.5 Å². The molecule has 0 unspecified atom stereocenters. The average Bonchev–Trinajstić information content (AvgIpc) is 2.61. The third-order valence-corrected chi connectivity index (χ3v) is 5.71. The first-order valence-electron chi connectivity index (χ1n) is 7.44. The number of ether oxygens (including phenoxy) is 1. The molecule has 1 aliphatic rings. The predicted octanol–water partition coefficient (Wildman–Crippen LogP) is 1.40. The summed E-state index contributed by atoms with van der Waals surface area (Å²) in [7, 11) is -3.58. The number of benzene rings is 1. The first kappa shape index (κ1) is 17.5. The number of morpholine rings is 1. The van der Waals surface area contributed by atoms with Gasteiger partial charge in [0.1, 0.15) is 11.6 Å². The van der Waals surface area contributed by atoms with Gasteiger partial charge in [-0.05, 0) is 52.9 Å². The standard InChI is InChI=1S/C15H17IN4O3S/c16-12-1-3-13(4-2-12)24(21,22)18-11-14-17-6-5-15(19-14)20-7-9-23-10-8-20/h1-6,18H,7-11H2. The molecule has 1 aliphatic heterocycles. The van der Waals surface area contributed by atoms with Gasteiger partial charge in [0.15, 0.2) is 0 Å². The van der Waals surface area contributed by atoms with Crippen molar-refractivity contribution < 1.29 is 13.2 Å². The first-order chi connectivity index (χ1) is 11.5. The Labute approximate surface area is 154 Å². The SMILES string of the molecule is O=S(=O)(NCc1nccc(N2CCOCC2)n1)c1ccc(I)cc1. The third kappa shape index (κ3) is 4.41. The molecule has 9 heteroatoms. The number of hydrogen-bond acceptors (Lipinski definition) is 6. The number of rotatable bonds is 5. The van der Waals surface area contributed by atoms with E-state index >= 15 is 0 Å². The highest BCUT2D eigenvalue weighted by molar-refractivity contribution is 14.1. The van der Waals surface area contributed by atoms with E-state index in [1.54, 1.807) is 30.5 Å². The first-order valence-corrected chi connectivity index (χ1v) is 10.0. The van der Waals surface area contributed by atoms with Crippen molar-refractivity contribution in [1.29, 1.82) is 0 Å². The Hall–Kier alpha value is -1.30. The number of nitrogens with one attached hydrogen (secondary N) is 1. The highest BCUT2D eigenvalue weighted by Gasteiger charge is 2.16. The summed E-state index contributed by atoms with van der Waals surface area (Å²) in [5, 5.41) is 0. The fraction of sp³-hybridized carbons (Fsp3) is 0.333. The van der Waals surface area contributed by atoms with E-state index in [1.807, 2.05) is 6.07 Å². The number of anilines is 1. The molecule has 0 bridgehead atoms. The highest BCUT2D eigenvalue weighted by Crippen LogP contribution is 2.14. The minimum absolute atomic E-state index is 0.0481. The highest BCUT2D eigenvalue weighted by atomic mass is 127. The summed E-state index contributed by atoms with van der Waals surface area (Å²) in [5.74, 6) is 1.23. The fourth-order valence-electron chi connectivity index (χ4n) is 2.30. The minimum atomic E-state index is -3.58. The second-order valence-corrected chi connectivity index (χ2v) is 8.22. The molecule has 0 amide bonds. The van der Waals surface area contributed by atoms with E-state index in [0.29, 0.717) is 19.0 Å². The van der Waals surface area contributed by atoms with E-state index in [9.17, 15) is 8.42 Å². The van der Waals surface area contributed by atoms with Crippen molar-refractivity contribution in [3.05, 3.63) is 45.9 Å². The Bertz CT molecular complexity index is 793. The monoisotopic (exact) mass is 460 g/mol. The molecule has 2 aromatic rings. The molecule has 1 saturated heterocycles. The Kier molecular flexibility index (Phi) is 5.64. The summed E-state index contributed by atoms with van der Waals surface area (Å²) in [4.78, 5) is 10.9. The van der Waals surface area contributed by atoms with E-state index in [2.05, 4.69) is 42.2 Å². The van der Waals surface area contributed by atoms with Gasteiger partial charge >= 0.3 is 0 Å². The molecule has 0 radical (unpaired) electrons. The van der Waals surface area contributed by atoms with Gasteiger partial charge in [-0.3, -0.25) is 0 Å². The van der Waals surface area contributed by atoms with E-state index in [4.69, 9.17) is 4.74 Å². The van der Waals surface area contributed by atoms with Crippen LogP contribution in [0.25, 0.3) is 0 Å². The minimum Gasteiger partial charge on any atom is -0.378 e. The molecule has 1 fully saturated rings. The molecule has 0 aliphatic carbocycles. The lowest BCUT2D eigenvalue weighted by Crippen LogP contribution is -2.37. The van der Waals surface area contributed by atoms with Crippen molar-refractivity contribution in [1.82, 2.24) is 14.7 Å². The van der Waals surface area contributed by atoms with Crippen LogP contribution >= 0.6 is 22.6 Å². The van der Waals surface area contributed by atoms with Crippen molar-refractivity contribution in [2.24, 2.45) is 0 Å². The summed E-state index contributed by atoms with van der Waals surface area (Å²) in [6.45, 7) is 2.92. The Morgan fingerprint density at radius 3 is 2.58 bits per heavy atom. The summed E-state index contributed by atoms with van der Waals surface area (Å²) >= 11 is 2.13. The maximum Gasteiger partial charge on any atom is 0.240 e. The summed E-state index contributed by atoms with van der Waals surface area (Å²) in [5.41, 5.74) is 0. The largest absolute Gasteiger partial charge is 0.378 e. The van der Waals surface area contributed by atoms with Gasteiger partial charge in [0.2, 0.25) is 10.0 Å². The molecule has 1 aromatic heterocycles. The lowest BCUT2D eigenvalue weighted by atomic mass is 10.4. The van der Waals surface area contributed by atoms with Gasteiger partial charge in [0.05, 0.1) is 24.7 Å². The zero-order valence-electron chi connectivity index (χ0n) is 12.9. The van der Waals surface area contributed by atoms with Crippen LogP contribution in [-0.2, 0) is 21.3 Å². The maximum absolute atomic E-state index is 12.3.